The number of anilines is 1. The Balaban J connectivity index is 2.05. The van der Waals surface area contributed by atoms with Crippen molar-refractivity contribution in [2.75, 3.05) is 18.0 Å². The van der Waals surface area contributed by atoms with E-state index < -0.39 is 0 Å². The molecule has 1 fully saturated rings. The van der Waals surface area contributed by atoms with Crippen molar-refractivity contribution in [1.82, 2.24) is 9.97 Å². The normalized spacial score (nSPS) is 15.9. The van der Waals surface area contributed by atoms with E-state index in [0.717, 1.165) is 29.9 Å². The van der Waals surface area contributed by atoms with E-state index in [4.69, 9.17) is 11.6 Å². The topological polar surface area (TPSA) is 29.0 Å². The molecule has 0 N–H and O–H groups in total. The summed E-state index contributed by atoms with van der Waals surface area (Å²) < 4.78 is 0. The van der Waals surface area contributed by atoms with Gasteiger partial charge in [0.1, 0.15) is 5.82 Å². The van der Waals surface area contributed by atoms with E-state index in [1.807, 2.05) is 24.4 Å². The Morgan fingerprint density at radius 2 is 1.94 bits per heavy atom. The monoisotopic (exact) mass is 233 g/mol. The Bertz CT molecular complexity index is 521. The van der Waals surface area contributed by atoms with Gasteiger partial charge in [-0.2, -0.15) is 0 Å². The molecule has 0 spiro atoms. The predicted octanol–water partition coefficient (Wildman–Crippen LogP) is 2.88. The lowest BCUT2D eigenvalue weighted by atomic mass is 10.3. The average molecular weight is 234 g/mol. The van der Waals surface area contributed by atoms with E-state index in [1.165, 1.54) is 12.8 Å². The largest absolute Gasteiger partial charge is 0.355 e. The minimum atomic E-state index is 0.704. The maximum Gasteiger partial charge on any atom is 0.147 e. The third kappa shape index (κ3) is 1.71. The van der Waals surface area contributed by atoms with Crippen LogP contribution in [-0.4, -0.2) is 23.1 Å². The molecule has 1 aromatic heterocycles. The van der Waals surface area contributed by atoms with Crippen molar-refractivity contribution in [2.45, 2.75) is 12.8 Å². The number of nitrogens with zero attached hydrogens (tertiary/aromatic N) is 3. The van der Waals surface area contributed by atoms with Gasteiger partial charge in [0.25, 0.3) is 0 Å². The summed E-state index contributed by atoms with van der Waals surface area (Å²) in [5.41, 5.74) is 1.77. The summed E-state index contributed by atoms with van der Waals surface area (Å²) in [7, 11) is 0. The highest BCUT2D eigenvalue weighted by atomic mass is 35.5. The number of benzene rings is 1. The molecule has 16 heavy (non-hydrogen) atoms. The highest BCUT2D eigenvalue weighted by Gasteiger charge is 2.14. The minimum absolute atomic E-state index is 0.704. The Labute approximate surface area is 99.1 Å². The van der Waals surface area contributed by atoms with Crippen LogP contribution in [-0.2, 0) is 0 Å². The second kappa shape index (κ2) is 3.91. The summed E-state index contributed by atoms with van der Waals surface area (Å²) in [6.45, 7) is 2.18. The van der Waals surface area contributed by atoms with Crippen LogP contribution in [0.3, 0.4) is 0 Å². The molecular weight excluding hydrogens is 222 g/mol. The summed E-state index contributed by atoms with van der Waals surface area (Å²) in [4.78, 5) is 11.3. The molecule has 0 unspecified atom stereocenters. The molecule has 0 aliphatic carbocycles. The lowest BCUT2D eigenvalue weighted by Crippen LogP contribution is -2.19. The van der Waals surface area contributed by atoms with Crippen LogP contribution in [0.1, 0.15) is 12.8 Å². The van der Waals surface area contributed by atoms with Crippen LogP contribution in [0.5, 0.6) is 0 Å². The molecule has 2 aromatic rings. The SMILES string of the molecule is Clc1ccc2nc(N3CCCC3)cnc2c1. The number of hydrogen-bond acceptors (Lipinski definition) is 3. The molecule has 4 heteroatoms. The molecule has 3 nitrogen and oxygen atoms in total. The first kappa shape index (κ1) is 9.85. The molecule has 1 aliphatic rings. The molecule has 2 heterocycles. The van der Waals surface area contributed by atoms with Crippen molar-refractivity contribution in [3.63, 3.8) is 0 Å². The van der Waals surface area contributed by atoms with E-state index in [0.29, 0.717) is 5.02 Å². The van der Waals surface area contributed by atoms with Gasteiger partial charge in [-0.1, -0.05) is 11.6 Å². The van der Waals surface area contributed by atoms with Crippen molar-refractivity contribution in [2.24, 2.45) is 0 Å². The lowest BCUT2D eigenvalue weighted by Gasteiger charge is -2.15. The van der Waals surface area contributed by atoms with Gasteiger partial charge in [0.05, 0.1) is 17.2 Å². The molecular formula is C12H12ClN3. The van der Waals surface area contributed by atoms with E-state index >= 15 is 0 Å². The van der Waals surface area contributed by atoms with Crippen LogP contribution in [0.2, 0.25) is 5.02 Å². The maximum atomic E-state index is 5.91. The summed E-state index contributed by atoms with van der Waals surface area (Å²) in [5, 5.41) is 0.704. The molecule has 0 amide bonds. The first-order valence-electron chi connectivity index (χ1n) is 5.50. The van der Waals surface area contributed by atoms with E-state index in [1.54, 1.807) is 0 Å². The average Bonchev–Trinajstić information content (AvgIpc) is 2.82. The fraction of sp³-hybridized carbons (Fsp3) is 0.333. The van der Waals surface area contributed by atoms with Crippen LogP contribution in [0.15, 0.2) is 24.4 Å². The van der Waals surface area contributed by atoms with Crippen LogP contribution < -0.4 is 4.90 Å². The summed E-state index contributed by atoms with van der Waals surface area (Å²) in [6.07, 6.45) is 4.34. The minimum Gasteiger partial charge on any atom is -0.355 e. The maximum absolute atomic E-state index is 5.91. The van der Waals surface area contributed by atoms with Crippen molar-refractivity contribution in [3.05, 3.63) is 29.4 Å². The summed E-state index contributed by atoms with van der Waals surface area (Å²) in [5.74, 6) is 0.979. The van der Waals surface area contributed by atoms with E-state index in [2.05, 4.69) is 14.9 Å². The zero-order valence-electron chi connectivity index (χ0n) is 8.86. The van der Waals surface area contributed by atoms with Gasteiger partial charge in [0.15, 0.2) is 0 Å². The zero-order valence-corrected chi connectivity index (χ0v) is 9.61. The molecule has 0 bridgehead atoms. The second-order valence-electron chi connectivity index (χ2n) is 4.06. The number of fused-ring (bicyclic) bond motifs is 1. The molecule has 0 saturated carbocycles. The predicted molar refractivity (Wildman–Crippen MR) is 66.0 cm³/mol. The Morgan fingerprint density at radius 3 is 2.75 bits per heavy atom. The van der Waals surface area contributed by atoms with Crippen LogP contribution in [0.4, 0.5) is 5.82 Å². The van der Waals surface area contributed by atoms with Gasteiger partial charge in [0.2, 0.25) is 0 Å². The number of hydrogen-bond donors (Lipinski definition) is 0. The van der Waals surface area contributed by atoms with Crippen LogP contribution in [0.25, 0.3) is 11.0 Å². The smallest absolute Gasteiger partial charge is 0.147 e. The van der Waals surface area contributed by atoms with Gasteiger partial charge in [-0.15, -0.1) is 0 Å². The quantitative estimate of drug-likeness (QED) is 0.759. The number of aromatic nitrogens is 2. The van der Waals surface area contributed by atoms with Crippen molar-refractivity contribution in [3.8, 4) is 0 Å². The van der Waals surface area contributed by atoms with Gasteiger partial charge in [-0.25, -0.2) is 4.98 Å². The highest BCUT2D eigenvalue weighted by Crippen LogP contribution is 2.21. The standard InChI is InChI=1S/C12H12ClN3/c13-9-3-4-10-11(7-9)14-8-12(15-10)16-5-1-2-6-16/h3-4,7-8H,1-2,5-6H2. The van der Waals surface area contributed by atoms with Crippen LogP contribution in [0, 0.1) is 0 Å². The molecule has 0 atom stereocenters. The zero-order chi connectivity index (χ0) is 11.0. The number of halogens is 1. The number of rotatable bonds is 1. The molecule has 3 rings (SSSR count). The fourth-order valence-corrected chi connectivity index (χ4v) is 2.24. The van der Waals surface area contributed by atoms with E-state index in [-0.39, 0.29) is 0 Å². The van der Waals surface area contributed by atoms with Crippen molar-refractivity contribution < 1.29 is 0 Å². The third-order valence-electron chi connectivity index (χ3n) is 2.92. The van der Waals surface area contributed by atoms with Gasteiger partial charge in [-0.3, -0.25) is 4.98 Å². The Kier molecular flexibility index (Phi) is 2.40. The third-order valence-corrected chi connectivity index (χ3v) is 3.16. The molecule has 0 radical (unpaired) electrons. The Morgan fingerprint density at radius 1 is 1.12 bits per heavy atom. The first-order chi connectivity index (χ1) is 7.83. The highest BCUT2D eigenvalue weighted by molar-refractivity contribution is 6.31. The summed E-state index contributed by atoms with van der Waals surface area (Å²) >= 11 is 5.91. The molecule has 1 aromatic carbocycles. The van der Waals surface area contributed by atoms with Crippen molar-refractivity contribution in [1.29, 1.82) is 0 Å². The van der Waals surface area contributed by atoms with E-state index in [9.17, 15) is 0 Å². The second-order valence-corrected chi connectivity index (χ2v) is 4.49. The molecule has 82 valence electrons. The van der Waals surface area contributed by atoms with Crippen molar-refractivity contribution >= 4 is 28.5 Å². The molecule has 1 aliphatic heterocycles. The fourth-order valence-electron chi connectivity index (χ4n) is 2.07. The van der Waals surface area contributed by atoms with Gasteiger partial charge in [-0.05, 0) is 31.0 Å². The first-order valence-corrected chi connectivity index (χ1v) is 5.88. The lowest BCUT2D eigenvalue weighted by molar-refractivity contribution is 0.936. The Hall–Kier alpha value is -1.35. The van der Waals surface area contributed by atoms with Gasteiger partial charge in [0, 0.05) is 18.1 Å². The molecule has 1 saturated heterocycles. The van der Waals surface area contributed by atoms with Gasteiger partial charge >= 0.3 is 0 Å². The van der Waals surface area contributed by atoms with Gasteiger partial charge < -0.3 is 4.90 Å². The van der Waals surface area contributed by atoms with Crippen LogP contribution >= 0.6 is 11.6 Å². The summed E-state index contributed by atoms with van der Waals surface area (Å²) in [6, 6.07) is 5.62.